The largest absolute Gasteiger partial charge is 0.445 e. The molecule has 1 amide bonds. The third-order valence-corrected chi connectivity index (χ3v) is 5.34. The average molecular weight is 378 g/mol. The Bertz CT molecular complexity index is 916. The van der Waals surface area contributed by atoms with E-state index in [0.717, 1.165) is 49.7 Å². The van der Waals surface area contributed by atoms with Crippen LogP contribution in [0.1, 0.15) is 48.7 Å². The van der Waals surface area contributed by atoms with E-state index < -0.39 is 0 Å². The Kier molecular flexibility index (Phi) is 5.55. The van der Waals surface area contributed by atoms with Gasteiger partial charge < -0.3 is 13.9 Å². The van der Waals surface area contributed by atoms with Crippen molar-refractivity contribution in [3.8, 4) is 0 Å². The number of carbonyl (C=O) groups excluding carboxylic acids is 1. The topological polar surface area (TPSA) is 64.2 Å². The number of piperidine rings is 1. The fourth-order valence-electron chi connectivity index (χ4n) is 3.84. The maximum atomic E-state index is 12.8. The van der Waals surface area contributed by atoms with Crippen molar-refractivity contribution >= 4 is 5.91 Å². The molecule has 0 bridgehead atoms. The number of likely N-dealkylation sites (tertiary alicyclic amines) is 1. The van der Waals surface area contributed by atoms with Crippen LogP contribution in [0.2, 0.25) is 0 Å². The lowest BCUT2D eigenvalue weighted by molar-refractivity contribution is -0.133. The summed E-state index contributed by atoms with van der Waals surface area (Å²) in [7, 11) is 0. The Labute approximate surface area is 165 Å². The number of rotatable bonds is 6. The van der Waals surface area contributed by atoms with E-state index in [2.05, 4.69) is 29.0 Å². The highest BCUT2D eigenvalue weighted by Gasteiger charge is 2.28. The highest BCUT2D eigenvalue weighted by atomic mass is 16.4. The molecule has 4 rings (SSSR count). The number of hydrogen-bond acceptors (Lipinski definition) is 4. The first kappa shape index (κ1) is 18.5. The summed E-state index contributed by atoms with van der Waals surface area (Å²) >= 11 is 0. The summed E-state index contributed by atoms with van der Waals surface area (Å²) in [6.45, 7) is 3.86. The van der Waals surface area contributed by atoms with E-state index in [9.17, 15) is 4.79 Å². The molecule has 3 aromatic rings. The van der Waals surface area contributed by atoms with Gasteiger partial charge in [0, 0.05) is 38.3 Å². The Morgan fingerprint density at radius 2 is 2.11 bits per heavy atom. The van der Waals surface area contributed by atoms with E-state index in [0.29, 0.717) is 13.1 Å². The van der Waals surface area contributed by atoms with Gasteiger partial charge in [0.15, 0.2) is 5.89 Å². The van der Waals surface area contributed by atoms with E-state index in [4.69, 9.17) is 4.42 Å². The second kappa shape index (κ2) is 8.42. The van der Waals surface area contributed by atoms with Crippen molar-refractivity contribution in [2.24, 2.45) is 0 Å². The maximum absolute atomic E-state index is 12.8. The molecule has 1 aliphatic rings. The van der Waals surface area contributed by atoms with Gasteiger partial charge in [-0.25, -0.2) is 9.97 Å². The second-order valence-corrected chi connectivity index (χ2v) is 7.33. The summed E-state index contributed by atoms with van der Waals surface area (Å²) < 4.78 is 7.97. The smallest absolute Gasteiger partial charge is 0.242 e. The lowest BCUT2D eigenvalue weighted by Gasteiger charge is -2.31. The van der Waals surface area contributed by atoms with Crippen LogP contribution in [0.3, 0.4) is 0 Å². The van der Waals surface area contributed by atoms with E-state index >= 15 is 0 Å². The van der Waals surface area contributed by atoms with Gasteiger partial charge in [0.2, 0.25) is 5.91 Å². The van der Waals surface area contributed by atoms with Crippen LogP contribution in [-0.4, -0.2) is 38.4 Å². The van der Waals surface area contributed by atoms with Crippen molar-refractivity contribution in [3.05, 3.63) is 72.0 Å². The molecule has 0 saturated carbocycles. The van der Waals surface area contributed by atoms with E-state index in [1.165, 1.54) is 5.56 Å². The van der Waals surface area contributed by atoms with Gasteiger partial charge in [0.1, 0.15) is 18.1 Å². The van der Waals surface area contributed by atoms with Crippen LogP contribution in [0.25, 0.3) is 0 Å². The highest BCUT2D eigenvalue weighted by Crippen LogP contribution is 2.27. The Balaban J connectivity index is 1.39. The van der Waals surface area contributed by atoms with Crippen LogP contribution in [0.4, 0.5) is 0 Å². The minimum Gasteiger partial charge on any atom is -0.445 e. The van der Waals surface area contributed by atoms with Crippen LogP contribution < -0.4 is 0 Å². The SMILES string of the molecule is CCc1nccn1CC(=O)N1CCC[C@H](c2ncc(Cc3ccccc3)o2)C1. The maximum Gasteiger partial charge on any atom is 0.242 e. The van der Waals surface area contributed by atoms with Crippen LogP contribution in [0.15, 0.2) is 53.3 Å². The summed E-state index contributed by atoms with van der Waals surface area (Å²) in [6.07, 6.45) is 8.99. The van der Waals surface area contributed by atoms with Crippen LogP contribution >= 0.6 is 0 Å². The monoisotopic (exact) mass is 378 g/mol. The van der Waals surface area contributed by atoms with E-state index in [1.807, 2.05) is 40.1 Å². The van der Waals surface area contributed by atoms with Crippen molar-refractivity contribution in [2.45, 2.75) is 45.1 Å². The van der Waals surface area contributed by atoms with Crippen molar-refractivity contribution in [2.75, 3.05) is 13.1 Å². The van der Waals surface area contributed by atoms with Crippen molar-refractivity contribution in [3.63, 3.8) is 0 Å². The molecular formula is C22H26N4O2. The van der Waals surface area contributed by atoms with E-state index in [-0.39, 0.29) is 11.8 Å². The molecule has 1 aliphatic heterocycles. The fraction of sp³-hybridized carbons (Fsp3) is 0.409. The molecule has 1 atom stereocenters. The summed E-state index contributed by atoms with van der Waals surface area (Å²) in [5, 5.41) is 0. The predicted octanol–water partition coefficient (Wildman–Crippen LogP) is 3.43. The van der Waals surface area contributed by atoms with Crippen LogP contribution in [0, 0.1) is 0 Å². The number of imidazole rings is 1. The predicted molar refractivity (Wildman–Crippen MR) is 106 cm³/mol. The lowest BCUT2D eigenvalue weighted by Crippen LogP contribution is -2.41. The molecule has 1 fully saturated rings. The zero-order chi connectivity index (χ0) is 19.3. The fourth-order valence-corrected chi connectivity index (χ4v) is 3.84. The molecule has 0 N–H and O–H groups in total. The standard InChI is InChI=1S/C22H26N4O2/c1-2-20-23-10-12-25(20)16-21(27)26-11-6-9-18(15-26)22-24-14-19(28-22)13-17-7-4-3-5-8-17/h3-5,7-8,10,12,14,18H,2,6,9,11,13,15-16H2,1H3/t18-/m0/s1. The van der Waals surface area contributed by atoms with Crippen LogP contribution in [-0.2, 0) is 24.2 Å². The lowest BCUT2D eigenvalue weighted by atomic mass is 9.98. The summed E-state index contributed by atoms with van der Waals surface area (Å²) in [5.74, 6) is 2.86. The molecule has 3 heterocycles. The van der Waals surface area contributed by atoms with Crippen LogP contribution in [0.5, 0.6) is 0 Å². The third-order valence-electron chi connectivity index (χ3n) is 5.34. The molecule has 0 spiro atoms. The van der Waals surface area contributed by atoms with Gasteiger partial charge in [-0.1, -0.05) is 37.3 Å². The molecule has 0 radical (unpaired) electrons. The van der Waals surface area contributed by atoms with Gasteiger partial charge >= 0.3 is 0 Å². The number of benzene rings is 1. The number of carbonyl (C=O) groups is 1. The highest BCUT2D eigenvalue weighted by molar-refractivity contribution is 5.76. The number of hydrogen-bond donors (Lipinski definition) is 0. The van der Waals surface area contributed by atoms with Gasteiger partial charge in [0.25, 0.3) is 0 Å². The van der Waals surface area contributed by atoms with Gasteiger partial charge in [-0.15, -0.1) is 0 Å². The third kappa shape index (κ3) is 4.16. The number of amides is 1. The summed E-state index contributed by atoms with van der Waals surface area (Å²) in [5.41, 5.74) is 1.21. The summed E-state index contributed by atoms with van der Waals surface area (Å²) in [4.78, 5) is 23.5. The van der Waals surface area contributed by atoms with Gasteiger partial charge in [-0.3, -0.25) is 4.79 Å². The average Bonchev–Trinajstić information content (AvgIpc) is 3.38. The minimum absolute atomic E-state index is 0.133. The second-order valence-electron chi connectivity index (χ2n) is 7.33. The van der Waals surface area contributed by atoms with Crippen molar-refractivity contribution in [1.82, 2.24) is 19.4 Å². The zero-order valence-electron chi connectivity index (χ0n) is 16.3. The molecular weight excluding hydrogens is 352 g/mol. The Morgan fingerprint density at radius 1 is 1.25 bits per heavy atom. The number of oxazole rings is 1. The molecule has 28 heavy (non-hydrogen) atoms. The Morgan fingerprint density at radius 3 is 2.93 bits per heavy atom. The Hall–Kier alpha value is -2.89. The van der Waals surface area contributed by atoms with Crippen molar-refractivity contribution < 1.29 is 9.21 Å². The zero-order valence-corrected chi connectivity index (χ0v) is 16.3. The molecule has 1 saturated heterocycles. The molecule has 0 aliphatic carbocycles. The van der Waals surface area contributed by atoms with Gasteiger partial charge in [-0.05, 0) is 18.4 Å². The van der Waals surface area contributed by atoms with Gasteiger partial charge in [0.05, 0.1) is 12.1 Å². The molecule has 6 nitrogen and oxygen atoms in total. The minimum atomic E-state index is 0.133. The number of aryl methyl sites for hydroxylation is 1. The quantitative estimate of drug-likeness (QED) is 0.659. The first-order valence-corrected chi connectivity index (χ1v) is 9.99. The van der Waals surface area contributed by atoms with E-state index in [1.54, 1.807) is 6.20 Å². The normalized spacial score (nSPS) is 17.0. The molecule has 1 aromatic carbocycles. The number of nitrogens with zero attached hydrogens (tertiary/aromatic N) is 4. The molecule has 6 heteroatoms. The first-order chi connectivity index (χ1) is 13.7. The molecule has 0 unspecified atom stereocenters. The van der Waals surface area contributed by atoms with Crippen molar-refractivity contribution in [1.29, 1.82) is 0 Å². The molecule has 146 valence electrons. The van der Waals surface area contributed by atoms with Gasteiger partial charge in [-0.2, -0.15) is 0 Å². The molecule has 2 aromatic heterocycles. The summed E-state index contributed by atoms with van der Waals surface area (Å²) in [6, 6.07) is 10.2. The first-order valence-electron chi connectivity index (χ1n) is 9.99. The number of aromatic nitrogens is 3.